The van der Waals surface area contributed by atoms with Gasteiger partial charge in [-0.15, -0.1) is 12.4 Å². The van der Waals surface area contributed by atoms with Crippen LogP contribution in [0.2, 0.25) is 0 Å². The number of hydrogen-bond donors (Lipinski definition) is 3. The molecule has 0 radical (unpaired) electrons. The number of rotatable bonds is 7. The molecule has 1 unspecified atom stereocenters. The molecule has 0 aromatic heterocycles. The van der Waals surface area contributed by atoms with E-state index in [-0.39, 0.29) is 36.8 Å². The summed E-state index contributed by atoms with van der Waals surface area (Å²) in [5.41, 5.74) is 0.554. The fraction of sp³-hybridized carbons (Fsp3) is 0.500. The van der Waals surface area contributed by atoms with Crippen molar-refractivity contribution in [1.82, 2.24) is 10.6 Å². The van der Waals surface area contributed by atoms with Gasteiger partial charge < -0.3 is 25.4 Å². The molecule has 1 fully saturated rings. The van der Waals surface area contributed by atoms with E-state index in [1.165, 1.54) is 14.2 Å². The number of ether oxygens (including phenoxy) is 2. The predicted octanol–water partition coefficient (Wildman–Crippen LogP) is 1.32. The molecular weight excluding hydrogens is 334 g/mol. The molecule has 1 aromatic rings. The van der Waals surface area contributed by atoms with E-state index in [0.29, 0.717) is 23.6 Å². The van der Waals surface area contributed by atoms with Crippen molar-refractivity contribution in [3.63, 3.8) is 0 Å². The van der Waals surface area contributed by atoms with Crippen LogP contribution in [0.1, 0.15) is 19.3 Å². The van der Waals surface area contributed by atoms with Crippen molar-refractivity contribution in [1.29, 1.82) is 0 Å². The lowest BCUT2D eigenvalue weighted by Gasteiger charge is -2.12. The van der Waals surface area contributed by atoms with Crippen LogP contribution < -0.4 is 25.4 Å². The minimum absolute atomic E-state index is 0. The second-order valence-corrected chi connectivity index (χ2v) is 5.42. The van der Waals surface area contributed by atoms with E-state index >= 15 is 0 Å². The molecule has 1 aliphatic heterocycles. The van der Waals surface area contributed by atoms with E-state index < -0.39 is 0 Å². The fourth-order valence-electron chi connectivity index (χ4n) is 2.49. The lowest BCUT2D eigenvalue weighted by atomic mass is 10.1. The Kier molecular flexibility index (Phi) is 8.35. The van der Waals surface area contributed by atoms with Gasteiger partial charge in [-0.1, -0.05) is 0 Å². The number of methoxy groups -OCH3 is 2. The van der Waals surface area contributed by atoms with Crippen LogP contribution in [0.3, 0.4) is 0 Å². The zero-order valence-electron chi connectivity index (χ0n) is 13.9. The van der Waals surface area contributed by atoms with Crippen LogP contribution in [0.15, 0.2) is 18.2 Å². The number of halogens is 1. The highest BCUT2D eigenvalue weighted by molar-refractivity contribution is 5.94. The van der Waals surface area contributed by atoms with E-state index in [1.807, 2.05) is 0 Å². The standard InChI is InChI=1S/C16H23N3O4.ClH/c1-22-13-6-12(7-14(9-13)23-2)19-16(21)10-18-15(20)8-11-4-3-5-17-11;/h6-7,9,11,17H,3-5,8,10H2,1-2H3,(H,18,20)(H,19,21);1H. The number of nitrogens with one attached hydrogen (secondary N) is 3. The molecule has 1 atom stereocenters. The van der Waals surface area contributed by atoms with Gasteiger partial charge in [0.25, 0.3) is 0 Å². The minimum Gasteiger partial charge on any atom is -0.497 e. The topological polar surface area (TPSA) is 88.7 Å². The van der Waals surface area contributed by atoms with Gasteiger partial charge in [-0.3, -0.25) is 9.59 Å². The summed E-state index contributed by atoms with van der Waals surface area (Å²) in [6.07, 6.45) is 2.50. The Morgan fingerprint density at radius 1 is 1.17 bits per heavy atom. The molecule has 7 nitrogen and oxygen atoms in total. The molecular formula is C16H24ClN3O4. The number of hydrogen-bond acceptors (Lipinski definition) is 5. The SMILES string of the molecule is COc1cc(NC(=O)CNC(=O)CC2CCCN2)cc(OC)c1.Cl. The number of anilines is 1. The summed E-state index contributed by atoms with van der Waals surface area (Å²) < 4.78 is 10.3. The first-order valence-corrected chi connectivity index (χ1v) is 7.63. The minimum atomic E-state index is -0.298. The Bertz CT molecular complexity index is 540. The largest absolute Gasteiger partial charge is 0.497 e. The summed E-state index contributed by atoms with van der Waals surface area (Å²) in [6, 6.07) is 5.31. The summed E-state index contributed by atoms with van der Waals surface area (Å²) in [4.78, 5) is 23.7. The van der Waals surface area contributed by atoms with Gasteiger partial charge in [0, 0.05) is 36.3 Å². The van der Waals surface area contributed by atoms with Crippen molar-refractivity contribution in [2.24, 2.45) is 0 Å². The molecule has 2 rings (SSSR count). The third-order valence-corrected chi connectivity index (χ3v) is 3.68. The molecule has 8 heteroatoms. The quantitative estimate of drug-likeness (QED) is 0.685. The summed E-state index contributed by atoms with van der Waals surface area (Å²) >= 11 is 0. The average molecular weight is 358 g/mol. The maximum Gasteiger partial charge on any atom is 0.243 e. The van der Waals surface area contributed by atoms with E-state index in [0.717, 1.165) is 19.4 Å². The van der Waals surface area contributed by atoms with E-state index in [4.69, 9.17) is 9.47 Å². The van der Waals surface area contributed by atoms with Crippen LogP contribution in [-0.2, 0) is 9.59 Å². The van der Waals surface area contributed by atoms with E-state index in [2.05, 4.69) is 16.0 Å². The van der Waals surface area contributed by atoms with Crippen LogP contribution in [0.5, 0.6) is 11.5 Å². The van der Waals surface area contributed by atoms with Gasteiger partial charge in [-0.05, 0) is 19.4 Å². The smallest absolute Gasteiger partial charge is 0.243 e. The van der Waals surface area contributed by atoms with Gasteiger partial charge in [-0.25, -0.2) is 0 Å². The summed E-state index contributed by atoms with van der Waals surface area (Å²) in [6.45, 7) is 0.890. The first-order valence-electron chi connectivity index (χ1n) is 7.63. The van der Waals surface area contributed by atoms with Gasteiger partial charge in [0.2, 0.25) is 11.8 Å². The lowest BCUT2D eigenvalue weighted by Crippen LogP contribution is -2.36. The van der Waals surface area contributed by atoms with Crippen molar-refractivity contribution in [2.45, 2.75) is 25.3 Å². The maximum atomic E-state index is 11.9. The molecule has 0 bridgehead atoms. The molecule has 1 aliphatic rings. The van der Waals surface area contributed by atoms with E-state index in [9.17, 15) is 9.59 Å². The zero-order chi connectivity index (χ0) is 16.7. The summed E-state index contributed by atoms with van der Waals surface area (Å²) in [7, 11) is 3.08. The van der Waals surface area contributed by atoms with Crippen molar-refractivity contribution >= 4 is 29.9 Å². The monoisotopic (exact) mass is 357 g/mol. The number of benzene rings is 1. The molecule has 0 aliphatic carbocycles. The maximum absolute atomic E-state index is 11.9. The van der Waals surface area contributed by atoms with Crippen LogP contribution in [0.4, 0.5) is 5.69 Å². The van der Waals surface area contributed by atoms with Crippen molar-refractivity contribution < 1.29 is 19.1 Å². The Balaban J connectivity index is 0.00000288. The highest BCUT2D eigenvalue weighted by Gasteiger charge is 2.17. The van der Waals surface area contributed by atoms with Crippen LogP contribution >= 0.6 is 12.4 Å². The van der Waals surface area contributed by atoms with Crippen LogP contribution in [-0.4, -0.2) is 45.2 Å². The van der Waals surface area contributed by atoms with Gasteiger partial charge in [0.15, 0.2) is 0 Å². The fourth-order valence-corrected chi connectivity index (χ4v) is 2.49. The van der Waals surface area contributed by atoms with Gasteiger partial charge >= 0.3 is 0 Å². The second-order valence-electron chi connectivity index (χ2n) is 5.42. The normalized spacial score (nSPS) is 16.0. The number of amides is 2. The lowest BCUT2D eigenvalue weighted by molar-refractivity contribution is -0.124. The molecule has 0 saturated carbocycles. The predicted molar refractivity (Wildman–Crippen MR) is 94.1 cm³/mol. The Hall–Kier alpha value is -1.99. The molecule has 1 saturated heterocycles. The summed E-state index contributed by atoms with van der Waals surface area (Å²) in [5.74, 6) is 0.739. The molecule has 1 aromatic carbocycles. The van der Waals surface area contributed by atoms with Gasteiger partial charge in [-0.2, -0.15) is 0 Å². The highest BCUT2D eigenvalue weighted by atomic mass is 35.5. The third-order valence-electron chi connectivity index (χ3n) is 3.68. The number of carbonyl (C=O) groups excluding carboxylic acids is 2. The average Bonchev–Trinajstić information content (AvgIpc) is 3.05. The van der Waals surface area contributed by atoms with Crippen molar-refractivity contribution in [2.75, 3.05) is 32.6 Å². The first-order chi connectivity index (χ1) is 11.1. The molecule has 24 heavy (non-hydrogen) atoms. The van der Waals surface area contributed by atoms with Gasteiger partial charge in [0.05, 0.1) is 20.8 Å². The molecule has 134 valence electrons. The van der Waals surface area contributed by atoms with Crippen LogP contribution in [0, 0.1) is 0 Å². The molecule has 1 heterocycles. The first kappa shape index (κ1) is 20.1. The Morgan fingerprint density at radius 2 is 1.83 bits per heavy atom. The van der Waals surface area contributed by atoms with Crippen LogP contribution in [0.25, 0.3) is 0 Å². The molecule has 2 amide bonds. The molecule has 3 N–H and O–H groups in total. The Morgan fingerprint density at radius 3 is 2.38 bits per heavy atom. The Labute approximate surface area is 147 Å². The molecule has 0 spiro atoms. The van der Waals surface area contributed by atoms with Crippen molar-refractivity contribution in [3.8, 4) is 11.5 Å². The second kappa shape index (κ2) is 10.00. The highest BCUT2D eigenvalue weighted by Crippen LogP contribution is 2.25. The van der Waals surface area contributed by atoms with Crippen molar-refractivity contribution in [3.05, 3.63) is 18.2 Å². The summed E-state index contributed by atoms with van der Waals surface area (Å²) in [5, 5.41) is 8.60. The zero-order valence-corrected chi connectivity index (χ0v) is 14.7. The number of carbonyl (C=O) groups is 2. The third kappa shape index (κ3) is 6.25. The van der Waals surface area contributed by atoms with Gasteiger partial charge in [0.1, 0.15) is 11.5 Å². The van der Waals surface area contributed by atoms with E-state index in [1.54, 1.807) is 18.2 Å².